The molecule has 0 aliphatic rings. The van der Waals surface area contributed by atoms with Crippen LogP contribution in [-0.4, -0.2) is 25.5 Å². The number of nitrogens with one attached hydrogen (secondary N) is 1. The van der Waals surface area contributed by atoms with Crippen LogP contribution in [0.3, 0.4) is 0 Å². The Balaban J connectivity index is 1.73. The number of aryl methyl sites for hydroxylation is 3. The van der Waals surface area contributed by atoms with Gasteiger partial charge in [-0.1, -0.05) is 6.07 Å². The van der Waals surface area contributed by atoms with Gasteiger partial charge in [0.1, 0.15) is 16.0 Å². The number of hydrogen-bond acceptors (Lipinski definition) is 7. The minimum absolute atomic E-state index is 0.0543. The average molecular weight is 504 g/mol. The zero-order valence-corrected chi connectivity index (χ0v) is 18.7. The molecule has 0 fully saturated rings. The van der Waals surface area contributed by atoms with Gasteiger partial charge in [0, 0.05) is 18.6 Å². The fourth-order valence-corrected chi connectivity index (χ4v) is 3.47. The van der Waals surface area contributed by atoms with Crippen LogP contribution >= 0.6 is 15.9 Å². The number of carbonyl (C=O) groups is 1. The Morgan fingerprint density at radius 1 is 1.06 bits per heavy atom. The van der Waals surface area contributed by atoms with E-state index in [0.717, 1.165) is 11.1 Å². The van der Waals surface area contributed by atoms with Gasteiger partial charge in [-0.05, 0) is 58.0 Å². The fourth-order valence-electron chi connectivity index (χ4n) is 3.01. The molecule has 0 saturated carbocycles. The predicted molar refractivity (Wildman–Crippen MR) is 119 cm³/mol. The maximum Gasteiger partial charge on any atom is 0.404 e. The van der Waals surface area contributed by atoms with Crippen molar-refractivity contribution in [3.63, 3.8) is 0 Å². The second-order valence-electron chi connectivity index (χ2n) is 7.02. The molecule has 11 nitrogen and oxygen atoms in total. The van der Waals surface area contributed by atoms with Gasteiger partial charge in [-0.2, -0.15) is 4.68 Å². The quantitative estimate of drug-likeness (QED) is 0.340. The normalized spacial score (nSPS) is 10.6. The smallest absolute Gasteiger partial charge is 0.404 e. The van der Waals surface area contributed by atoms with Crippen molar-refractivity contribution in [2.75, 3.05) is 5.32 Å². The van der Waals surface area contributed by atoms with Crippen LogP contribution in [0.15, 0.2) is 47.1 Å². The summed E-state index contributed by atoms with van der Waals surface area (Å²) in [5.74, 6) is -0.0772. The SMILES string of the molecule is Cc1cc(C)cc(Oc2cc(NC(=O)CCn3cc(Br)c([N+](=O)[O-])n3)cc([N+](=O)[O-])c2)c1. The van der Waals surface area contributed by atoms with Crippen molar-refractivity contribution < 1.29 is 19.4 Å². The predicted octanol–water partition coefficient (Wildman–Crippen LogP) is 4.90. The van der Waals surface area contributed by atoms with E-state index in [4.69, 9.17) is 4.74 Å². The average Bonchev–Trinajstić information content (AvgIpc) is 3.06. The van der Waals surface area contributed by atoms with E-state index in [9.17, 15) is 25.0 Å². The monoisotopic (exact) mass is 503 g/mol. The first kappa shape index (κ1) is 22.9. The first-order valence-electron chi connectivity index (χ1n) is 9.33. The summed E-state index contributed by atoms with van der Waals surface area (Å²) in [6.45, 7) is 3.90. The van der Waals surface area contributed by atoms with Crippen LogP contribution in [-0.2, 0) is 11.3 Å². The molecule has 1 amide bonds. The van der Waals surface area contributed by atoms with Crippen LogP contribution in [0.5, 0.6) is 11.5 Å². The highest BCUT2D eigenvalue weighted by Crippen LogP contribution is 2.31. The summed E-state index contributed by atoms with van der Waals surface area (Å²) in [5, 5.41) is 28.5. The fraction of sp³-hybridized carbons (Fsp3) is 0.200. The lowest BCUT2D eigenvalue weighted by molar-refractivity contribution is -0.390. The summed E-state index contributed by atoms with van der Waals surface area (Å²) in [5.41, 5.74) is 1.90. The zero-order chi connectivity index (χ0) is 23.4. The standard InChI is InChI=1S/C20H18BrN5O6/c1-12-5-13(2)7-16(6-12)32-17-9-14(8-15(10-17)25(28)29)22-19(27)3-4-24-11-18(21)20(23-24)26(30)31/h5-11H,3-4H2,1-2H3,(H,22,27). The molecule has 0 saturated heterocycles. The summed E-state index contributed by atoms with van der Waals surface area (Å²) in [6, 6.07) is 9.54. The van der Waals surface area contributed by atoms with Crippen molar-refractivity contribution in [2.24, 2.45) is 0 Å². The number of rotatable bonds is 8. The summed E-state index contributed by atoms with van der Waals surface area (Å²) < 4.78 is 7.25. The van der Waals surface area contributed by atoms with Gasteiger partial charge in [-0.25, -0.2) is 0 Å². The number of nitro benzene ring substituents is 1. The first-order chi connectivity index (χ1) is 15.1. The number of carbonyl (C=O) groups excluding carboxylic acids is 1. The van der Waals surface area contributed by atoms with E-state index in [-0.39, 0.29) is 40.4 Å². The number of halogens is 1. The van der Waals surface area contributed by atoms with Crippen molar-refractivity contribution in [3.8, 4) is 11.5 Å². The van der Waals surface area contributed by atoms with Crippen LogP contribution in [0.1, 0.15) is 17.5 Å². The number of aromatic nitrogens is 2. The molecule has 32 heavy (non-hydrogen) atoms. The van der Waals surface area contributed by atoms with Gasteiger partial charge < -0.3 is 20.2 Å². The summed E-state index contributed by atoms with van der Waals surface area (Å²) in [4.78, 5) is 33.3. The van der Waals surface area contributed by atoms with E-state index in [1.165, 1.54) is 29.1 Å². The maximum absolute atomic E-state index is 12.3. The third-order valence-electron chi connectivity index (χ3n) is 4.26. The molecule has 1 N–H and O–H groups in total. The van der Waals surface area contributed by atoms with E-state index in [1.807, 2.05) is 19.9 Å². The van der Waals surface area contributed by atoms with Gasteiger partial charge in [0.2, 0.25) is 5.91 Å². The number of benzene rings is 2. The van der Waals surface area contributed by atoms with Crippen LogP contribution in [0.2, 0.25) is 0 Å². The van der Waals surface area contributed by atoms with E-state index in [2.05, 4.69) is 26.3 Å². The number of nitrogens with zero attached hydrogens (tertiary/aromatic N) is 4. The minimum Gasteiger partial charge on any atom is -0.457 e. The van der Waals surface area contributed by atoms with Crippen molar-refractivity contribution in [1.29, 1.82) is 0 Å². The van der Waals surface area contributed by atoms with Crippen LogP contribution in [0.4, 0.5) is 17.2 Å². The molecule has 0 unspecified atom stereocenters. The summed E-state index contributed by atoms with van der Waals surface area (Å²) >= 11 is 3.04. The molecule has 3 aromatic rings. The highest BCUT2D eigenvalue weighted by atomic mass is 79.9. The Kier molecular flexibility index (Phi) is 6.83. The van der Waals surface area contributed by atoms with Crippen molar-refractivity contribution in [1.82, 2.24) is 9.78 Å². The van der Waals surface area contributed by atoms with Crippen molar-refractivity contribution in [2.45, 2.75) is 26.8 Å². The lowest BCUT2D eigenvalue weighted by Gasteiger charge is -2.10. The number of amides is 1. The molecule has 0 radical (unpaired) electrons. The van der Waals surface area contributed by atoms with E-state index < -0.39 is 15.8 Å². The van der Waals surface area contributed by atoms with Gasteiger partial charge in [0.05, 0.1) is 34.5 Å². The minimum atomic E-state index is -0.638. The molecule has 0 bridgehead atoms. The molecule has 12 heteroatoms. The number of anilines is 1. The summed E-state index contributed by atoms with van der Waals surface area (Å²) in [6.07, 6.45) is 1.34. The molecule has 2 aromatic carbocycles. The third kappa shape index (κ3) is 5.88. The topological polar surface area (TPSA) is 142 Å². The van der Waals surface area contributed by atoms with Crippen LogP contribution in [0.25, 0.3) is 0 Å². The van der Waals surface area contributed by atoms with E-state index in [1.54, 1.807) is 12.1 Å². The van der Waals surface area contributed by atoms with E-state index >= 15 is 0 Å². The van der Waals surface area contributed by atoms with Gasteiger partial charge >= 0.3 is 5.82 Å². The molecule has 1 aromatic heterocycles. The zero-order valence-electron chi connectivity index (χ0n) is 17.1. The van der Waals surface area contributed by atoms with Crippen LogP contribution < -0.4 is 10.1 Å². The Morgan fingerprint density at radius 3 is 2.31 bits per heavy atom. The lowest BCUT2D eigenvalue weighted by Crippen LogP contribution is -2.15. The van der Waals surface area contributed by atoms with E-state index in [0.29, 0.717) is 5.75 Å². The second-order valence-corrected chi connectivity index (χ2v) is 7.87. The maximum atomic E-state index is 12.3. The van der Waals surface area contributed by atoms with Gasteiger partial charge in [-0.3, -0.25) is 14.9 Å². The Hall–Kier alpha value is -3.80. The van der Waals surface area contributed by atoms with Crippen LogP contribution in [0, 0.1) is 34.1 Å². The Labute approximate surface area is 190 Å². The number of hydrogen-bond donors (Lipinski definition) is 1. The Bertz CT molecular complexity index is 1190. The van der Waals surface area contributed by atoms with Gasteiger partial charge in [0.15, 0.2) is 0 Å². The number of nitro groups is 2. The van der Waals surface area contributed by atoms with Crippen molar-refractivity contribution >= 4 is 39.0 Å². The molecular formula is C20H18BrN5O6. The molecule has 0 aliphatic heterocycles. The highest BCUT2D eigenvalue weighted by molar-refractivity contribution is 9.10. The molecule has 1 heterocycles. The van der Waals surface area contributed by atoms with Crippen molar-refractivity contribution in [3.05, 3.63) is 78.4 Å². The molecule has 0 atom stereocenters. The number of non-ortho nitro benzene ring substituents is 1. The Morgan fingerprint density at radius 2 is 1.72 bits per heavy atom. The first-order valence-corrected chi connectivity index (χ1v) is 10.1. The molecule has 0 spiro atoms. The highest BCUT2D eigenvalue weighted by Gasteiger charge is 2.19. The molecule has 3 rings (SSSR count). The largest absolute Gasteiger partial charge is 0.457 e. The van der Waals surface area contributed by atoms with Gasteiger partial charge in [0.25, 0.3) is 5.69 Å². The summed E-state index contributed by atoms with van der Waals surface area (Å²) in [7, 11) is 0. The number of ether oxygens (including phenoxy) is 1. The lowest BCUT2D eigenvalue weighted by atomic mass is 10.1. The molecule has 0 aliphatic carbocycles. The molecular weight excluding hydrogens is 486 g/mol. The molecule has 166 valence electrons. The van der Waals surface area contributed by atoms with Gasteiger partial charge in [-0.15, -0.1) is 0 Å². The third-order valence-corrected chi connectivity index (χ3v) is 4.82. The second kappa shape index (κ2) is 9.56.